The molecule has 1 aliphatic rings. The highest BCUT2D eigenvalue weighted by Crippen LogP contribution is 2.27. The van der Waals surface area contributed by atoms with Crippen molar-refractivity contribution in [3.8, 4) is 0 Å². The van der Waals surface area contributed by atoms with E-state index in [9.17, 15) is 5.11 Å². The average molecular weight is 208 g/mol. The zero-order chi connectivity index (χ0) is 10.8. The standard InChI is InChI=1S/C10H16N4O/c1-7(15)8-2-3-14(5-8)10-9(11)4-12-6-13-10/h4,6-8,15H,2-3,5,11H2,1H3. The van der Waals surface area contributed by atoms with Crippen molar-refractivity contribution in [2.45, 2.75) is 19.4 Å². The van der Waals surface area contributed by atoms with Gasteiger partial charge in [-0.3, -0.25) is 0 Å². The quantitative estimate of drug-likeness (QED) is 0.729. The third-order valence-electron chi connectivity index (χ3n) is 2.92. The maximum atomic E-state index is 9.50. The number of rotatable bonds is 2. The summed E-state index contributed by atoms with van der Waals surface area (Å²) in [6, 6.07) is 0. The van der Waals surface area contributed by atoms with Crippen LogP contribution in [0.1, 0.15) is 13.3 Å². The van der Waals surface area contributed by atoms with Gasteiger partial charge in [-0.15, -0.1) is 0 Å². The Labute approximate surface area is 88.9 Å². The molecule has 0 radical (unpaired) electrons. The zero-order valence-corrected chi connectivity index (χ0v) is 8.80. The summed E-state index contributed by atoms with van der Waals surface area (Å²) in [5.41, 5.74) is 6.39. The van der Waals surface area contributed by atoms with Gasteiger partial charge in [0.2, 0.25) is 0 Å². The molecule has 0 aliphatic carbocycles. The summed E-state index contributed by atoms with van der Waals surface area (Å²) in [5.74, 6) is 1.10. The molecule has 2 unspecified atom stereocenters. The summed E-state index contributed by atoms with van der Waals surface area (Å²) in [6.45, 7) is 3.55. The van der Waals surface area contributed by atoms with Crippen LogP contribution in [-0.2, 0) is 0 Å². The first-order valence-corrected chi connectivity index (χ1v) is 5.17. The molecule has 0 saturated carbocycles. The summed E-state index contributed by atoms with van der Waals surface area (Å²) >= 11 is 0. The Morgan fingerprint density at radius 2 is 2.47 bits per heavy atom. The van der Waals surface area contributed by atoms with Gasteiger partial charge in [0.05, 0.1) is 18.0 Å². The van der Waals surface area contributed by atoms with Gasteiger partial charge in [0.15, 0.2) is 5.82 Å². The van der Waals surface area contributed by atoms with Crippen molar-refractivity contribution in [1.82, 2.24) is 9.97 Å². The molecule has 3 N–H and O–H groups in total. The van der Waals surface area contributed by atoms with Crippen LogP contribution >= 0.6 is 0 Å². The monoisotopic (exact) mass is 208 g/mol. The number of nitrogen functional groups attached to an aromatic ring is 1. The lowest BCUT2D eigenvalue weighted by Gasteiger charge is -2.19. The molecular weight excluding hydrogens is 192 g/mol. The first-order valence-electron chi connectivity index (χ1n) is 5.17. The SMILES string of the molecule is CC(O)C1CCN(c2ncncc2N)C1. The van der Waals surface area contributed by atoms with Crippen molar-refractivity contribution in [2.75, 3.05) is 23.7 Å². The number of hydrogen-bond donors (Lipinski definition) is 2. The molecule has 5 nitrogen and oxygen atoms in total. The van der Waals surface area contributed by atoms with Crippen molar-refractivity contribution in [3.63, 3.8) is 0 Å². The minimum absolute atomic E-state index is 0.266. The van der Waals surface area contributed by atoms with Crippen molar-refractivity contribution in [2.24, 2.45) is 5.92 Å². The predicted molar refractivity (Wildman–Crippen MR) is 58.4 cm³/mol. The fraction of sp³-hybridized carbons (Fsp3) is 0.600. The van der Waals surface area contributed by atoms with Crippen LogP contribution in [0.5, 0.6) is 0 Å². The maximum absolute atomic E-state index is 9.50. The first-order chi connectivity index (χ1) is 7.18. The number of nitrogens with zero attached hydrogens (tertiary/aromatic N) is 3. The fourth-order valence-electron chi connectivity index (χ4n) is 1.97. The second-order valence-electron chi connectivity index (χ2n) is 4.04. The Balaban J connectivity index is 2.11. The van der Waals surface area contributed by atoms with E-state index < -0.39 is 0 Å². The van der Waals surface area contributed by atoms with Crippen molar-refractivity contribution in [1.29, 1.82) is 0 Å². The van der Waals surface area contributed by atoms with Crippen LogP contribution in [0, 0.1) is 5.92 Å². The van der Waals surface area contributed by atoms with Crippen molar-refractivity contribution in [3.05, 3.63) is 12.5 Å². The van der Waals surface area contributed by atoms with E-state index >= 15 is 0 Å². The minimum atomic E-state index is -0.266. The van der Waals surface area contributed by atoms with Crippen LogP contribution in [0.2, 0.25) is 0 Å². The molecule has 2 rings (SSSR count). The lowest BCUT2D eigenvalue weighted by atomic mass is 10.0. The normalized spacial score (nSPS) is 23.1. The van der Waals surface area contributed by atoms with Crippen LogP contribution in [0.4, 0.5) is 11.5 Å². The molecule has 1 aromatic heterocycles. The molecule has 1 aromatic rings. The van der Waals surface area contributed by atoms with E-state index in [-0.39, 0.29) is 6.10 Å². The Hall–Kier alpha value is -1.36. The molecule has 2 heterocycles. The predicted octanol–water partition coefficient (Wildman–Crippen LogP) is 0.266. The molecule has 0 aromatic carbocycles. The molecule has 1 saturated heterocycles. The van der Waals surface area contributed by atoms with Crippen LogP contribution < -0.4 is 10.6 Å². The number of hydrogen-bond acceptors (Lipinski definition) is 5. The third-order valence-corrected chi connectivity index (χ3v) is 2.92. The summed E-state index contributed by atoms with van der Waals surface area (Å²) < 4.78 is 0. The second kappa shape index (κ2) is 4.02. The summed E-state index contributed by atoms with van der Waals surface area (Å²) in [4.78, 5) is 10.1. The molecule has 1 aliphatic heterocycles. The minimum Gasteiger partial charge on any atom is -0.394 e. The molecule has 82 valence electrons. The number of aliphatic hydroxyl groups excluding tert-OH is 1. The van der Waals surface area contributed by atoms with Gasteiger partial charge in [0, 0.05) is 19.0 Å². The zero-order valence-electron chi connectivity index (χ0n) is 8.80. The Morgan fingerprint density at radius 1 is 1.67 bits per heavy atom. The molecule has 1 fully saturated rings. The van der Waals surface area contributed by atoms with E-state index in [0.29, 0.717) is 11.6 Å². The van der Waals surface area contributed by atoms with Crippen LogP contribution in [0.3, 0.4) is 0 Å². The van der Waals surface area contributed by atoms with Gasteiger partial charge < -0.3 is 15.7 Å². The largest absolute Gasteiger partial charge is 0.394 e. The van der Waals surface area contributed by atoms with Crippen LogP contribution in [-0.4, -0.2) is 34.3 Å². The molecule has 0 spiro atoms. The molecule has 0 bridgehead atoms. The van der Waals surface area contributed by atoms with Gasteiger partial charge in [-0.25, -0.2) is 9.97 Å². The Morgan fingerprint density at radius 3 is 3.07 bits per heavy atom. The van der Waals surface area contributed by atoms with Crippen molar-refractivity contribution < 1.29 is 5.11 Å². The highest BCUT2D eigenvalue weighted by atomic mass is 16.3. The second-order valence-corrected chi connectivity index (χ2v) is 4.04. The summed E-state index contributed by atoms with van der Waals surface area (Å²) in [6.07, 6.45) is 3.83. The van der Waals surface area contributed by atoms with E-state index in [1.807, 2.05) is 6.92 Å². The van der Waals surface area contributed by atoms with Crippen LogP contribution in [0.25, 0.3) is 0 Å². The van der Waals surface area contributed by atoms with Gasteiger partial charge >= 0.3 is 0 Å². The highest BCUT2D eigenvalue weighted by Gasteiger charge is 2.27. The van der Waals surface area contributed by atoms with Gasteiger partial charge in [-0.1, -0.05) is 0 Å². The van der Waals surface area contributed by atoms with Gasteiger partial charge in [0.25, 0.3) is 0 Å². The number of aliphatic hydroxyl groups is 1. The number of aromatic nitrogens is 2. The van der Waals surface area contributed by atoms with Crippen molar-refractivity contribution >= 4 is 11.5 Å². The molecule has 15 heavy (non-hydrogen) atoms. The van der Waals surface area contributed by atoms with Gasteiger partial charge in [-0.05, 0) is 13.3 Å². The Kier molecular flexibility index (Phi) is 2.73. The van der Waals surface area contributed by atoms with Gasteiger partial charge in [-0.2, -0.15) is 0 Å². The van der Waals surface area contributed by atoms with E-state index in [1.54, 1.807) is 6.20 Å². The summed E-state index contributed by atoms with van der Waals surface area (Å²) in [7, 11) is 0. The molecule has 0 amide bonds. The van der Waals surface area contributed by atoms with Crippen LogP contribution in [0.15, 0.2) is 12.5 Å². The lowest BCUT2D eigenvalue weighted by molar-refractivity contribution is 0.136. The smallest absolute Gasteiger partial charge is 0.155 e. The topological polar surface area (TPSA) is 75.3 Å². The summed E-state index contributed by atoms with van der Waals surface area (Å²) in [5, 5.41) is 9.50. The fourth-order valence-corrected chi connectivity index (χ4v) is 1.97. The first kappa shape index (κ1) is 10.2. The number of nitrogens with two attached hydrogens (primary N) is 1. The third kappa shape index (κ3) is 2.02. The van der Waals surface area contributed by atoms with Gasteiger partial charge in [0.1, 0.15) is 6.33 Å². The van der Waals surface area contributed by atoms with E-state index in [4.69, 9.17) is 5.73 Å². The average Bonchev–Trinajstić information content (AvgIpc) is 2.67. The Bertz CT molecular complexity index is 342. The number of anilines is 2. The molecule has 2 atom stereocenters. The lowest BCUT2D eigenvalue weighted by Crippen LogP contribution is -2.25. The van der Waals surface area contributed by atoms with E-state index in [2.05, 4.69) is 14.9 Å². The van der Waals surface area contributed by atoms with E-state index in [0.717, 1.165) is 25.3 Å². The molecular formula is C10H16N4O. The van der Waals surface area contributed by atoms with E-state index in [1.165, 1.54) is 6.33 Å². The molecule has 5 heteroatoms. The highest BCUT2D eigenvalue weighted by molar-refractivity contribution is 5.61. The maximum Gasteiger partial charge on any atom is 0.155 e.